The Hall–Kier alpha value is -3.35. The van der Waals surface area contributed by atoms with Crippen LogP contribution in [-0.4, -0.2) is 20.1 Å². The number of hydrogen-bond acceptors (Lipinski definition) is 4. The van der Waals surface area contributed by atoms with Gasteiger partial charge in [-0.25, -0.2) is 4.68 Å². The predicted octanol–water partition coefficient (Wildman–Crippen LogP) is 2.43. The van der Waals surface area contributed by atoms with Crippen molar-refractivity contribution in [1.82, 2.24) is 19.5 Å². The minimum absolute atomic E-state index is 0.262. The molecule has 0 spiro atoms. The zero-order chi connectivity index (χ0) is 18.3. The number of benzene rings is 1. The molecule has 1 aromatic carbocycles. The standard InChI is InChI=1S/C19H18N4O3/c1-12(18(24)20-11-14-6-4-3-5-7-14)23-19(25)16-10-17-15(8-9-26-17)22(16)13(2)21-23/h3-10,12H,11H2,1-2H3,(H,20,24)/t12-/m0/s1. The molecule has 0 aliphatic heterocycles. The fourth-order valence-corrected chi connectivity index (χ4v) is 3.10. The summed E-state index contributed by atoms with van der Waals surface area (Å²) < 4.78 is 8.34. The molecule has 7 heteroatoms. The van der Waals surface area contributed by atoms with Gasteiger partial charge in [0.25, 0.3) is 5.56 Å². The van der Waals surface area contributed by atoms with E-state index in [0.29, 0.717) is 23.5 Å². The summed E-state index contributed by atoms with van der Waals surface area (Å²) in [5, 5.41) is 7.19. The Morgan fingerprint density at radius 2 is 2.00 bits per heavy atom. The van der Waals surface area contributed by atoms with Crippen LogP contribution < -0.4 is 10.9 Å². The minimum atomic E-state index is -0.726. The third-order valence-corrected chi connectivity index (χ3v) is 4.48. The number of hydrogen-bond donors (Lipinski definition) is 1. The maximum absolute atomic E-state index is 12.8. The van der Waals surface area contributed by atoms with Crippen LogP contribution in [0.4, 0.5) is 0 Å². The zero-order valence-electron chi connectivity index (χ0n) is 14.5. The van der Waals surface area contributed by atoms with Crippen molar-refractivity contribution in [3.05, 3.63) is 70.5 Å². The second-order valence-corrected chi connectivity index (χ2v) is 6.21. The third-order valence-electron chi connectivity index (χ3n) is 4.48. The van der Waals surface area contributed by atoms with Crippen molar-refractivity contribution in [1.29, 1.82) is 0 Å². The van der Waals surface area contributed by atoms with Gasteiger partial charge in [0, 0.05) is 18.7 Å². The molecule has 132 valence electrons. The first-order valence-corrected chi connectivity index (χ1v) is 8.36. The normalized spacial score (nSPS) is 12.5. The van der Waals surface area contributed by atoms with Gasteiger partial charge in [0.2, 0.25) is 5.91 Å². The van der Waals surface area contributed by atoms with Crippen LogP contribution in [0.15, 0.2) is 57.9 Å². The van der Waals surface area contributed by atoms with E-state index in [-0.39, 0.29) is 11.5 Å². The Balaban J connectivity index is 1.66. The molecule has 0 fully saturated rings. The lowest BCUT2D eigenvalue weighted by Crippen LogP contribution is -2.38. The highest BCUT2D eigenvalue weighted by molar-refractivity contribution is 5.83. The Kier molecular flexibility index (Phi) is 3.84. The Labute approximate surface area is 148 Å². The van der Waals surface area contributed by atoms with E-state index in [4.69, 9.17) is 4.42 Å². The number of furan rings is 1. The molecule has 0 saturated carbocycles. The lowest BCUT2D eigenvalue weighted by Gasteiger charge is -2.15. The molecule has 3 heterocycles. The van der Waals surface area contributed by atoms with Crippen LogP contribution in [0.3, 0.4) is 0 Å². The summed E-state index contributed by atoms with van der Waals surface area (Å²) in [4.78, 5) is 25.3. The van der Waals surface area contributed by atoms with Crippen molar-refractivity contribution in [2.24, 2.45) is 0 Å². The van der Waals surface area contributed by atoms with Crippen molar-refractivity contribution in [2.75, 3.05) is 0 Å². The molecule has 1 atom stereocenters. The van der Waals surface area contributed by atoms with Crippen molar-refractivity contribution in [3.63, 3.8) is 0 Å². The lowest BCUT2D eigenvalue weighted by molar-refractivity contribution is -0.124. The number of carbonyl (C=O) groups is 1. The zero-order valence-corrected chi connectivity index (χ0v) is 14.5. The number of aromatic nitrogens is 3. The van der Waals surface area contributed by atoms with Gasteiger partial charge in [-0.1, -0.05) is 30.3 Å². The summed E-state index contributed by atoms with van der Waals surface area (Å²) in [6, 6.07) is 12.4. The second kappa shape index (κ2) is 6.18. The summed E-state index contributed by atoms with van der Waals surface area (Å²) >= 11 is 0. The van der Waals surface area contributed by atoms with Crippen molar-refractivity contribution < 1.29 is 9.21 Å². The Bertz CT molecular complexity index is 1150. The van der Waals surface area contributed by atoms with Crippen LogP contribution in [0, 0.1) is 6.92 Å². The molecule has 4 aromatic rings. The highest BCUT2D eigenvalue weighted by Gasteiger charge is 2.21. The fraction of sp³-hybridized carbons (Fsp3) is 0.211. The van der Waals surface area contributed by atoms with Crippen LogP contribution in [-0.2, 0) is 11.3 Å². The number of fused-ring (bicyclic) bond motifs is 3. The number of nitrogens with zero attached hydrogens (tertiary/aromatic N) is 3. The van der Waals surface area contributed by atoms with Crippen LogP contribution >= 0.6 is 0 Å². The Morgan fingerprint density at radius 3 is 2.77 bits per heavy atom. The molecule has 4 rings (SSSR count). The quantitative estimate of drug-likeness (QED) is 0.613. The second-order valence-electron chi connectivity index (χ2n) is 6.21. The first kappa shape index (κ1) is 16.1. The van der Waals surface area contributed by atoms with Crippen molar-refractivity contribution in [3.8, 4) is 0 Å². The summed E-state index contributed by atoms with van der Waals surface area (Å²) in [5.74, 6) is 0.348. The molecule has 3 aromatic heterocycles. The van der Waals surface area contributed by atoms with E-state index in [9.17, 15) is 9.59 Å². The Morgan fingerprint density at radius 1 is 1.23 bits per heavy atom. The van der Waals surface area contributed by atoms with Gasteiger partial charge < -0.3 is 9.73 Å². The van der Waals surface area contributed by atoms with Gasteiger partial charge in [-0.2, -0.15) is 5.10 Å². The fourth-order valence-electron chi connectivity index (χ4n) is 3.10. The summed E-state index contributed by atoms with van der Waals surface area (Å²) in [6.45, 7) is 3.86. The molecule has 0 aliphatic carbocycles. The highest BCUT2D eigenvalue weighted by atomic mass is 16.3. The molecular weight excluding hydrogens is 332 g/mol. The molecule has 0 aliphatic rings. The lowest BCUT2D eigenvalue weighted by atomic mass is 10.2. The van der Waals surface area contributed by atoms with Crippen LogP contribution in [0.25, 0.3) is 16.6 Å². The summed E-state index contributed by atoms with van der Waals surface area (Å²) in [7, 11) is 0. The van der Waals surface area contributed by atoms with Gasteiger partial charge >= 0.3 is 0 Å². The van der Waals surface area contributed by atoms with E-state index in [0.717, 1.165) is 11.1 Å². The van der Waals surface area contributed by atoms with Crippen LogP contribution in [0.1, 0.15) is 24.4 Å². The van der Waals surface area contributed by atoms with Gasteiger partial charge in [0.15, 0.2) is 5.58 Å². The average molecular weight is 350 g/mol. The molecule has 0 unspecified atom stereocenters. The van der Waals surface area contributed by atoms with Gasteiger partial charge in [-0.3, -0.25) is 14.0 Å². The SMILES string of the molecule is Cc1nn([C@@H](C)C(=O)NCc2ccccc2)c(=O)c2cc3occc3n12. The molecule has 1 amide bonds. The number of rotatable bonds is 4. The number of aryl methyl sites for hydroxylation is 1. The van der Waals surface area contributed by atoms with E-state index in [1.165, 1.54) is 4.68 Å². The highest BCUT2D eigenvalue weighted by Crippen LogP contribution is 2.20. The van der Waals surface area contributed by atoms with E-state index in [1.807, 2.05) is 30.3 Å². The van der Waals surface area contributed by atoms with E-state index in [2.05, 4.69) is 10.4 Å². The van der Waals surface area contributed by atoms with Gasteiger partial charge in [-0.15, -0.1) is 0 Å². The van der Waals surface area contributed by atoms with Gasteiger partial charge in [0.05, 0.1) is 11.8 Å². The first-order valence-electron chi connectivity index (χ1n) is 8.36. The smallest absolute Gasteiger partial charge is 0.291 e. The molecule has 0 bridgehead atoms. The molecule has 0 saturated heterocycles. The van der Waals surface area contributed by atoms with Crippen molar-refractivity contribution >= 4 is 22.5 Å². The third kappa shape index (κ3) is 2.57. The average Bonchev–Trinajstić information content (AvgIpc) is 3.24. The van der Waals surface area contributed by atoms with Crippen LogP contribution in [0.5, 0.6) is 0 Å². The number of amides is 1. The van der Waals surface area contributed by atoms with Crippen LogP contribution in [0.2, 0.25) is 0 Å². The summed E-state index contributed by atoms with van der Waals surface area (Å²) in [6.07, 6.45) is 1.57. The molecule has 1 N–H and O–H groups in total. The van der Waals surface area contributed by atoms with Gasteiger partial charge in [0.1, 0.15) is 17.4 Å². The number of nitrogens with one attached hydrogen (secondary N) is 1. The van der Waals surface area contributed by atoms with E-state index < -0.39 is 6.04 Å². The molecule has 0 radical (unpaired) electrons. The molecule has 26 heavy (non-hydrogen) atoms. The van der Waals surface area contributed by atoms with Gasteiger partial charge in [-0.05, 0) is 19.4 Å². The van der Waals surface area contributed by atoms with E-state index in [1.54, 1.807) is 36.6 Å². The largest absolute Gasteiger partial charge is 0.463 e. The maximum Gasteiger partial charge on any atom is 0.291 e. The maximum atomic E-state index is 12.8. The topological polar surface area (TPSA) is 81.5 Å². The van der Waals surface area contributed by atoms with Crippen molar-refractivity contribution in [2.45, 2.75) is 26.4 Å². The molecular formula is C19H18N4O3. The summed E-state index contributed by atoms with van der Waals surface area (Å²) in [5.41, 5.74) is 2.51. The van der Waals surface area contributed by atoms with E-state index >= 15 is 0 Å². The number of carbonyl (C=O) groups excluding carboxylic acids is 1. The monoisotopic (exact) mass is 350 g/mol. The first-order chi connectivity index (χ1) is 12.6. The minimum Gasteiger partial charge on any atom is -0.463 e. The molecule has 7 nitrogen and oxygen atoms in total. The predicted molar refractivity (Wildman–Crippen MR) is 97.0 cm³/mol.